The zero-order valence-electron chi connectivity index (χ0n) is 16.5. The summed E-state index contributed by atoms with van der Waals surface area (Å²) < 4.78 is 102. The van der Waals surface area contributed by atoms with Crippen LogP contribution in [0.5, 0.6) is 0 Å². The van der Waals surface area contributed by atoms with Crippen LogP contribution in [0.25, 0.3) is 22.7 Å². The zero-order valence-corrected chi connectivity index (χ0v) is 17.3. The van der Waals surface area contributed by atoms with E-state index >= 15 is 0 Å². The number of aryl methyl sites for hydroxylation is 1. The average Bonchev–Trinajstić information content (AvgIpc) is 3.02. The van der Waals surface area contributed by atoms with E-state index in [0.717, 1.165) is 18.2 Å². The standard InChI is InChI=1S/C17H16F6N6O2S/c1-3-32(30,31)11-4-5-12(28-25-8-16(18,19)20)27-13(11)15-26-10-6-9(17(21,22)23)7-24-14(10)29(15)2/h4-7,25H,3,8H2,1-2H3,(H,27,28). The summed E-state index contributed by atoms with van der Waals surface area (Å²) in [6.07, 6.45) is -8.56. The number of nitrogens with one attached hydrogen (secondary N) is 2. The summed E-state index contributed by atoms with van der Waals surface area (Å²) in [6.45, 7) is -0.0162. The molecule has 32 heavy (non-hydrogen) atoms. The summed E-state index contributed by atoms with van der Waals surface area (Å²) in [5.41, 5.74) is 2.69. The molecular weight excluding hydrogens is 466 g/mol. The van der Waals surface area contributed by atoms with Crippen molar-refractivity contribution in [2.24, 2.45) is 7.05 Å². The largest absolute Gasteiger partial charge is 0.417 e. The van der Waals surface area contributed by atoms with Gasteiger partial charge in [-0.2, -0.15) is 26.3 Å². The number of pyridine rings is 2. The molecule has 0 aliphatic rings. The lowest BCUT2D eigenvalue weighted by Crippen LogP contribution is -2.33. The molecule has 3 aromatic rings. The lowest BCUT2D eigenvalue weighted by atomic mass is 10.2. The summed E-state index contributed by atoms with van der Waals surface area (Å²) >= 11 is 0. The van der Waals surface area contributed by atoms with Gasteiger partial charge in [-0.3, -0.25) is 0 Å². The van der Waals surface area contributed by atoms with Crippen LogP contribution in [-0.4, -0.2) is 46.4 Å². The maximum absolute atomic E-state index is 13.0. The Labute approximate surface area is 177 Å². The van der Waals surface area contributed by atoms with Crippen molar-refractivity contribution >= 4 is 26.8 Å². The lowest BCUT2D eigenvalue weighted by Gasteiger charge is -2.13. The molecule has 3 rings (SSSR count). The third-order valence-electron chi connectivity index (χ3n) is 4.33. The molecule has 15 heteroatoms. The van der Waals surface area contributed by atoms with Gasteiger partial charge in [0.25, 0.3) is 0 Å². The highest BCUT2D eigenvalue weighted by molar-refractivity contribution is 7.91. The SMILES string of the molecule is CCS(=O)(=O)c1ccc(NNCC(F)(F)F)nc1-c1nc2cc(C(F)(F)F)cnc2n1C. The molecule has 0 aromatic carbocycles. The molecule has 8 nitrogen and oxygen atoms in total. The van der Waals surface area contributed by atoms with Gasteiger partial charge in [0, 0.05) is 13.2 Å². The number of hydrogen-bond acceptors (Lipinski definition) is 7. The Bertz CT molecular complexity index is 1250. The summed E-state index contributed by atoms with van der Waals surface area (Å²) in [5.74, 6) is -0.602. The predicted octanol–water partition coefficient (Wildman–Crippen LogP) is 3.32. The van der Waals surface area contributed by atoms with Crippen LogP contribution in [-0.2, 0) is 23.1 Å². The molecule has 0 amide bonds. The van der Waals surface area contributed by atoms with Gasteiger partial charge in [-0.25, -0.2) is 28.8 Å². The second kappa shape index (κ2) is 8.20. The Morgan fingerprint density at radius 3 is 2.38 bits per heavy atom. The van der Waals surface area contributed by atoms with Crippen molar-refractivity contribution in [1.29, 1.82) is 0 Å². The fourth-order valence-electron chi connectivity index (χ4n) is 2.76. The topological polar surface area (TPSA) is 102 Å². The number of rotatable bonds is 6. The van der Waals surface area contributed by atoms with E-state index in [4.69, 9.17) is 0 Å². The molecule has 2 N–H and O–H groups in total. The normalized spacial score (nSPS) is 13.0. The predicted molar refractivity (Wildman–Crippen MR) is 102 cm³/mol. The van der Waals surface area contributed by atoms with E-state index in [1.165, 1.54) is 18.5 Å². The average molecular weight is 482 g/mol. The molecule has 3 heterocycles. The number of nitrogens with zero attached hydrogens (tertiary/aromatic N) is 4. The molecule has 0 fully saturated rings. The van der Waals surface area contributed by atoms with Crippen molar-refractivity contribution in [2.45, 2.75) is 24.2 Å². The second-order valence-electron chi connectivity index (χ2n) is 6.60. The first-order chi connectivity index (χ1) is 14.7. The minimum atomic E-state index is -4.66. The number of alkyl halides is 6. The molecule has 0 saturated carbocycles. The van der Waals surface area contributed by atoms with E-state index in [-0.39, 0.29) is 39.1 Å². The van der Waals surface area contributed by atoms with Crippen LogP contribution in [0, 0.1) is 0 Å². The minimum absolute atomic E-state index is 0.0307. The summed E-state index contributed by atoms with van der Waals surface area (Å²) in [5, 5.41) is 0. The van der Waals surface area contributed by atoms with Crippen LogP contribution in [0.3, 0.4) is 0 Å². The molecule has 0 bridgehead atoms. The van der Waals surface area contributed by atoms with Gasteiger partial charge in [0.15, 0.2) is 21.3 Å². The number of hydrogen-bond donors (Lipinski definition) is 2. The maximum atomic E-state index is 13.0. The molecular formula is C17H16F6N6O2S. The van der Waals surface area contributed by atoms with Gasteiger partial charge >= 0.3 is 12.4 Å². The number of imidazole rings is 1. The van der Waals surface area contributed by atoms with E-state index in [1.807, 2.05) is 5.43 Å². The first-order valence-corrected chi connectivity index (χ1v) is 10.6. The van der Waals surface area contributed by atoms with E-state index in [0.29, 0.717) is 6.20 Å². The number of anilines is 1. The maximum Gasteiger partial charge on any atom is 0.417 e. The Morgan fingerprint density at radius 2 is 1.78 bits per heavy atom. The van der Waals surface area contributed by atoms with E-state index in [2.05, 4.69) is 20.4 Å². The lowest BCUT2D eigenvalue weighted by molar-refractivity contribution is -0.137. The van der Waals surface area contributed by atoms with Crippen molar-refractivity contribution in [1.82, 2.24) is 24.9 Å². The third kappa shape index (κ3) is 4.93. The van der Waals surface area contributed by atoms with E-state index < -0.39 is 34.3 Å². The van der Waals surface area contributed by atoms with Crippen molar-refractivity contribution in [3.05, 3.63) is 30.0 Å². The minimum Gasteiger partial charge on any atom is -0.310 e. The van der Waals surface area contributed by atoms with Gasteiger partial charge in [0.1, 0.15) is 23.6 Å². The van der Waals surface area contributed by atoms with Crippen LogP contribution < -0.4 is 10.9 Å². The Balaban J connectivity index is 2.14. The van der Waals surface area contributed by atoms with Gasteiger partial charge in [-0.15, -0.1) is 0 Å². The fraction of sp³-hybridized carbons (Fsp3) is 0.353. The number of fused-ring (bicyclic) bond motifs is 1. The fourth-order valence-corrected chi connectivity index (χ4v) is 3.78. The Kier molecular flexibility index (Phi) is 6.08. The molecule has 0 aliphatic carbocycles. The van der Waals surface area contributed by atoms with Crippen LogP contribution in [0.4, 0.5) is 32.2 Å². The first-order valence-electron chi connectivity index (χ1n) is 8.92. The summed E-state index contributed by atoms with van der Waals surface area (Å²) in [6, 6.07) is 3.04. The molecule has 0 radical (unpaired) electrons. The van der Waals surface area contributed by atoms with Gasteiger partial charge in [0.2, 0.25) is 0 Å². The highest BCUT2D eigenvalue weighted by Gasteiger charge is 2.32. The van der Waals surface area contributed by atoms with Gasteiger partial charge < -0.3 is 9.99 Å². The van der Waals surface area contributed by atoms with Gasteiger partial charge in [-0.05, 0) is 18.2 Å². The molecule has 0 spiro atoms. The summed E-state index contributed by atoms with van der Waals surface area (Å²) in [4.78, 5) is 11.6. The Hall–Kier alpha value is -2.94. The van der Waals surface area contributed by atoms with Crippen LogP contribution in [0.1, 0.15) is 12.5 Å². The third-order valence-corrected chi connectivity index (χ3v) is 6.09. The van der Waals surface area contributed by atoms with E-state index in [9.17, 15) is 34.8 Å². The first kappa shape index (κ1) is 23.7. The molecule has 0 unspecified atom stereocenters. The van der Waals surface area contributed by atoms with Crippen LogP contribution in [0.15, 0.2) is 29.3 Å². The van der Waals surface area contributed by atoms with Crippen LogP contribution in [0.2, 0.25) is 0 Å². The number of halogens is 6. The van der Waals surface area contributed by atoms with E-state index in [1.54, 1.807) is 0 Å². The smallest absolute Gasteiger partial charge is 0.310 e. The van der Waals surface area contributed by atoms with Crippen molar-refractivity contribution < 1.29 is 34.8 Å². The monoisotopic (exact) mass is 482 g/mol. The van der Waals surface area contributed by atoms with Crippen molar-refractivity contribution in [2.75, 3.05) is 17.7 Å². The molecule has 3 aromatic heterocycles. The Morgan fingerprint density at radius 1 is 1.09 bits per heavy atom. The molecule has 0 aliphatic heterocycles. The highest BCUT2D eigenvalue weighted by Crippen LogP contribution is 2.33. The number of sulfone groups is 1. The number of aromatic nitrogens is 4. The number of hydrazine groups is 1. The summed E-state index contributed by atoms with van der Waals surface area (Å²) in [7, 11) is -2.47. The highest BCUT2D eigenvalue weighted by atomic mass is 32.2. The van der Waals surface area contributed by atoms with Crippen molar-refractivity contribution in [3.8, 4) is 11.5 Å². The quantitative estimate of drug-likeness (QED) is 0.411. The molecule has 174 valence electrons. The molecule has 0 atom stereocenters. The zero-order chi connectivity index (χ0) is 23.9. The van der Waals surface area contributed by atoms with Crippen molar-refractivity contribution in [3.63, 3.8) is 0 Å². The van der Waals surface area contributed by atoms with Gasteiger partial charge in [-0.1, -0.05) is 6.92 Å². The molecule has 0 saturated heterocycles. The van der Waals surface area contributed by atoms with Crippen LogP contribution >= 0.6 is 0 Å². The van der Waals surface area contributed by atoms with Gasteiger partial charge in [0.05, 0.1) is 16.2 Å². The second-order valence-corrected chi connectivity index (χ2v) is 8.85.